The topological polar surface area (TPSA) is 37.9 Å². The van der Waals surface area contributed by atoms with Gasteiger partial charge in [-0.05, 0) is 25.0 Å². The molecule has 0 bridgehead atoms. The van der Waals surface area contributed by atoms with Gasteiger partial charge in [0.1, 0.15) is 18.2 Å². The van der Waals surface area contributed by atoms with Gasteiger partial charge in [0.25, 0.3) is 0 Å². The lowest BCUT2D eigenvalue weighted by atomic mass is 10.1. The van der Waals surface area contributed by atoms with Crippen molar-refractivity contribution in [3.8, 4) is 5.75 Å². The molecule has 1 aromatic heterocycles. The number of H-pyrrole nitrogens is 1. The van der Waals surface area contributed by atoms with Crippen LogP contribution in [0.4, 0.5) is 8.78 Å². The van der Waals surface area contributed by atoms with E-state index in [0.717, 1.165) is 29.0 Å². The van der Waals surface area contributed by atoms with E-state index in [2.05, 4.69) is 9.97 Å². The summed E-state index contributed by atoms with van der Waals surface area (Å²) in [7, 11) is 0. The maximum Gasteiger partial charge on any atom is 0.161 e. The van der Waals surface area contributed by atoms with Crippen LogP contribution in [0.2, 0.25) is 0 Å². The number of para-hydroxylation sites is 1. The second kappa shape index (κ2) is 5.16. The molecule has 0 unspecified atom stereocenters. The molecular formula is C16H14F2N2O. The summed E-state index contributed by atoms with van der Waals surface area (Å²) in [5.41, 5.74) is 2.90. The Hall–Kier alpha value is -2.43. The van der Waals surface area contributed by atoms with Gasteiger partial charge in [0, 0.05) is 12.1 Å². The van der Waals surface area contributed by atoms with Crippen molar-refractivity contribution >= 4 is 11.0 Å². The molecule has 21 heavy (non-hydrogen) atoms. The van der Waals surface area contributed by atoms with Crippen molar-refractivity contribution in [3.63, 3.8) is 0 Å². The van der Waals surface area contributed by atoms with Gasteiger partial charge in [0.05, 0.1) is 11.0 Å². The zero-order valence-electron chi connectivity index (χ0n) is 11.7. The highest BCUT2D eigenvalue weighted by molar-refractivity contribution is 5.75. The molecule has 0 saturated carbocycles. The molecule has 0 fully saturated rings. The summed E-state index contributed by atoms with van der Waals surface area (Å²) in [6.07, 6.45) is 0. The predicted octanol–water partition coefficient (Wildman–Crippen LogP) is 4.04. The molecule has 2 aromatic carbocycles. The van der Waals surface area contributed by atoms with Crippen LogP contribution in [0.5, 0.6) is 5.75 Å². The Balaban J connectivity index is 1.85. The van der Waals surface area contributed by atoms with Crippen LogP contribution in [0, 0.1) is 25.5 Å². The number of aryl methyl sites for hydroxylation is 2. The Kier molecular flexibility index (Phi) is 3.33. The first-order chi connectivity index (χ1) is 10.0. The lowest BCUT2D eigenvalue weighted by Crippen LogP contribution is -2.00. The molecule has 0 amide bonds. The fourth-order valence-corrected chi connectivity index (χ4v) is 2.29. The zero-order chi connectivity index (χ0) is 15.0. The quantitative estimate of drug-likeness (QED) is 0.790. The van der Waals surface area contributed by atoms with E-state index in [0.29, 0.717) is 16.9 Å². The summed E-state index contributed by atoms with van der Waals surface area (Å²) >= 11 is 0. The number of nitrogens with zero attached hydrogens (tertiary/aromatic N) is 1. The Morgan fingerprint density at radius 1 is 1.10 bits per heavy atom. The summed E-state index contributed by atoms with van der Waals surface area (Å²) in [5.74, 6) is -0.474. The molecule has 5 heteroatoms. The molecule has 3 rings (SSSR count). The van der Waals surface area contributed by atoms with Crippen LogP contribution in [0.25, 0.3) is 11.0 Å². The second-order valence-corrected chi connectivity index (χ2v) is 4.98. The summed E-state index contributed by atoms with van der Waals surface area (Å²) < 4.78 is 32.1. The Morgan fingerprint density at radius 3 is 2.48 bits per heavy atom. The van der Waals surface area contributed by atoms with Crippen molar-refractivity contribution in [3.05, 3.63) is 58.9 Å². The Bertz CT molecular complexity index is 752. The van der Waals surface area contributed by atoms with Gasteiger partial charge in [-0.3, -0.25) is 0 Å². The number of aromatic amines is 1. The third-order valence-corrected chi connectivity index (χ3v) is 3.33. The predicted molar refractivity (Wildman–Crippen MR) is 76.3 cm³/mol. The molecule has 0 atom stereocenters. The highest BCUT2D eigenvalue weighted by atomic mass is 19.2. The minimum absolute atomic E-state index is 0.212. The molecule has 0 aliphatic rings. The maximum absolute atomic E-state index is 13.2. The van der Waals surface area contributed by atoms with Gasteiger partial charge in [0.15, 0.2) is 11.6 Å². The monoisotopic (exact) mass is 288 g/mol. The minimum atomic E-state index is -0.906. The fourth-order valence-electron chi connectivity index (χ4n) is 2.29. The molecule has 0 spiro atoms. The average molecular weight is 288 g/mol. The molecule has 108 valence electrons. The first-order valence-electron chi connectivity index (χ1n) is 6.57. The van der Waals surface area contributed by atoms with Crippen molar-refractivity contribution in [1.82, 2.24) is 9.97 Å². The average Bonchev–Trinajstić information content (AvgIpc) is 2.80. The minimum Gasteiger partial charge on any atom is -0.485 e. The van der Waals surface area contributed by atoms with E-state index in [9.17, 15) is 8.78 Å². The standard InChI is InChI=1S/C16H14F2N2O/c1-9-4-3-5-10(2)16(9)21-8-15-19-13-6-11(17)12(18)7-14(13)20-15/h3-7H,8H2,1-2H3,(H,19,20). The fraction of sp³-hybridized carbons (Fsp3) is 0.188. The van der Waals surface area contributed by atoms with Gasteiger partial charge in [-0.25, -0.2) is 13.8 Å². The van der Waals surface area contributed by atoms with Gasteiger partial charge >= 0.3 is 0 Å². The summed E-state index contributed by atoms with van der Waals surface area (Å²) in [6.45, 7) is 4.14. The first kappa shape index (κ1) is 13.5. The number of imidazole rings is 1. The van der Waals surface area contributed by atoms with Crippen LogP contribution in [-0.2, 0) is 6.61 Å². The zero-order valence-corrected chi connectivity index (χ0v) is 11.7. The van der Waals surface area contributed by atoms with Gasteiger partial charge in [-0.1, -0.05) is 18.2 Å². The summed E-state index contributed by atoms with van der Waals surface area (Å²) in [4.78, 5) is 7.13. The van der Waals surface area contributed by atoms with E-state index in [1.807, 2.05) is 32.0 Å². The molecule has 0 aliphatic carbocycles. The number of rotatable bonds is 3. The summed E-state index contributed by atoms with van der Waals surface area (Å²) in [6, 6.07) is 8.06. The van der Waals surface area contributed by atoms with Crippen molar-refractivity contribution in [2.24, 2.45) is 0 Å². The van der Waals surface area contributed by atoms with E-state index < -0.39 is 11.6 Å². The van der Waals surface area contributed by atoms with Gasteiger partial charge in [-0.2, -0.15) is 0 Å². The van der Waals surface area contributed by atoms with Crippen LogP contribution in [-0.4, -0.2) is 9.97 Å². The van der Waals surface area contributed by atoms with E-state index in [4.69, 9.17) is 4.74 Å². The van der Waals surface area contributed by atoms with Gasteiger partial charge < -0.3 is 9.72 Å². The molecular weight excluding hydrogens is 274 g/mol. The van der Waals surface area contributed by atoms with Crippen molar-refractivity contribution in [2.45, 2.75) is 20.5 Å². The highest BCUT2D eigenvalue weighted by Crippen LogP contribution is 2.23. The van der Waals surface area contributed by atoms with Gasteiger partial charge in [-0.15, -0.1) is 0 Å². The van der Waals surface area contributed by atoms with E-state index in [1.165, 1.54) is 0 Å². The second-order valence-electron chi connectivity index (χ2n) is 4.98. The molecule has 0 saturated heterocycles. The van der Waals surface area contributed by atoms with Crippen LogP contribution in [0.15, 0.2) is 30.3 Å². The van der Waals surface area contributed by atoms with Crippen LogP contribution in [0.3, 0.4) is 0 Å². The lowest BCUT2D eigenvalue weighted by molar-refractivity contribution is 0.293. The Morgan fingerprint density at radius 2 is 1.76 bits per heavy atom. The third kappa shape index (κ3) is 2.59. The number of hydrogen-bond donors (Lipinski definition) is 1. The molecule has 1 heterocycles. The van der Waals surface area contributed by atoms with Crippen molar-refractivity contribution in [2.75, 3.05) is 0 Å². The molecule has 0 radical (unpaired) electrons. The highest BCUT2D eigenvalue weighted by Gasteiger charge is 2.10. The van der Waals surface area contributed by atoms with E-state index in [-0.39, 0.29) is 6.61 Å². The number of ether oxygens (including phenoxy) is 1. The lowest BCUT2D eigenvalue weighted by Gasteiger charge is -2.10. The SMILES string of the molecule is Cc1cccc(C)c1OCc1nc2cc(F)c(F)cc2[nH]1. The smallest absolute Gasteiger partial charge is 0.161 e. The van der Waals surface area contributed by atoms with Crippen LogP contribution >= 0.6 is 0 Å². The number of hydrogen-bond acceptors (Lipinski definition) is 2. The van der Waals surface area contributed by atoms with E-state index in [1.54, 1.807) is 0 Å². The number of fused-ring (bicyclic) bond motifs is 1. The number of benzene rings is 2. The Labute approximate surface area is 120 Å². The first-order valence-corrected chi connectivity index (χ1v) is 6.57. The van der Waals surface area contributed by atoms with Crippen LogP contribution in [0.1, 0.15) is 17.0 Å². The molecule has 3 aromatic rings. The van der Waals surface area contributed by atoms with Crippen molar-refractivity contribution < 1.29 is 13.5 Å². The summed E-state index contributed by atoms with van der Waals surface area (Å²) in [5, 5.41) is 0. The maximum atomic E-state index is 13.2. The van der Waals surface area contributed by atoms with Gasteiger partial charge in [0.2, 0.25) is 0 Å². The molecule has 3 nitrogen and oxygen atoms in total. The van der Waals surface area contributed by atoms with Crippen molar-refractivity contribution in [1.29, 1.82) is 0 Å². The molecule has 0 aliphatic heterocycles. The number of nitrogens with one attached hydrogen (secondary N) is 1. The number of aromatic nitrogens is 2. The molecule has 1 N–H and O–H groups in total. The van der Waals surface area contributed by atoms with E-state index >= 15 is 0 Å². The number of halogens is 2. The van der Waals surface area contributed by atoms with Crippen LogP contribution < -0.4 is 4.74 Å². The normalized spacial score (nSPS) is 11.0. The third-order valence-electron chi connectivity index (χ3n) is 3.33. The largest absolute Gasteiger partial charge is 0.485 e.